The zero-order valence-electron chi connectivity index (χ0n) is 13.4. The molecule has 0 unspecified atom stereocenters. The topological polar surface area (TPSA) is 46.2 Å². The number of fused-ring (bicyclic) bond motifs is 1. The van der Waals surface area contributed by atoms with E-state index in [2.05, 4.69) is 16.9 Å². The van der Waals surface area contributed by atoms with E-state index in [1.54, 1.807) is 0 Å². The van der Waals surface area contributed by atoms with Gasteiger partial charge in [0.2, 0.25) is 10.0 Å². The summed E-state index contributed by atoms with van der Waals surface area (Å²) in [4.78, 5) is 0. The number of nitrogens with one attached hydrogen (secondary N) is 1. The Morgan fingerprint density at radius 1 is 0.840 bits per heavy atom. The van der Waals surface area contributed by atoms with Gasteiger partial charge in [0.15, 0.2) is 0 Å². The highest BCUT2D eigenvalue weighted by atomic mass is 35.5. The van der Waals surface area contributed by atoms with Crippen molar-refractivity contribution in [3.63, 3.8) is 0 Å². The van der Waals surface area contributed by atoms with Gasteiger partial charge in [-0.2, -0.15) is 0 Å². The first-order valence-corrected chi connectivity index (χ1v) is 10.0. The van der Waals surface area contributed by atoms with Gasteiger partial charge >= 0.3 is 0 Å². The predicted octanol–water partition coefficient (Wildman–Crippen LogP) is 4.97. The zero-order chi connectivity index (χ0) is 17.4. The predicted molar refractivity (Wildman–Crippen MR) is 103 cm³/mol. The molecule has 1 aliphatic rings. The van der Waals surface area contributed by atoms with E-state index in [0.29, 0.717) is 17.1 Å². The summed E-state index contributed by atoms with van der Waals surface area (Å²) in [5.41, 5.74) is 5.57. The highest BCUT2D eigenvalue weighted by molar-refractivity contribution is 7.92. The molecule has 0 amide bonds. The molecule has 0 saturated heterocycles. The maximum Gasteiger partial charge on any atom is 0.233 e. The van der Waals surface area contributed by atoms with Crippen molar-refractivity contribution in [1.29, 1.82) is 0 Å². The molecule has 0 spiro atoms. The lowest BCUT2D eigenvalue weighted by molar-refractivity contribution is 0.599. The largest absolute Gasteiger partial charge is 0.283 e. The molecule has 0 bridgehead atoms. The standard InChI is InChI=1S/C20H16ClNO2S/c21-18-12-17-10-11-25(23,24)22-20(17)19(13-18)16-8-6-15(7-9-16)14-4-2-1-3-5-14/h1-9,12-13,22H,10-11H2. The van der Waals surface area contributed by atoms with Crippen LogP contribution in [0.4, 0.5) is 5.69 Å². The number of rotatable bonds is 2. The molecule has 5 heteroatoms. The lowest BCUT2D eigenvalue weighted by Gasteiger charge is -2.22. The first kappa shape index (κ1) is 16.2. The Hall–Kier alpha value is -2.30. The van der Waals surface area contributed by atoms with Crippen LogP contribution in [0.25, 0.3) is 22.3 Å². The summed E-state index contributed by atoms with van der Waals surface area (Å²) >= 11 is 6.25. The van der Waals surface area contributed by atoms with Crippen molar-refractivity contribution in [2.24, 2.45) is 0 Å². The third-order valence-corrected chi connectivity index (χ3v) is 5.86. The molecule has 0 fully saturated rings. The number of anilines is 1. The van der Waals surface area contributed by atoms with Crippen LogP contribution in [0.5, 0.6) is 0 Å². The second-order valence-corrected chi connectivity index (χ2v) is 8.38. The second-order valence-electron chi connectivity index (χ2n) is 6.10. The third-order valence-electron chi connectivity index (χ3n) is 4.39. The summed E-state index contributed by atoms with van der Waals surface area (Å²) in [6.45, 7) is 0. The molecule has 3 aromatic rings. The van der Waals surface area contributed by atoms with Crippen LogP contribution in [0.15, 0.2) is 66.7 Å². The van der Waals surface area contributed by atoms with Gasteiger partial charge in [-0.05, 0) is 40.8 Å². The smallest absolute Gasteiger partial charge is 0.233 e. The molecule has 0 saturated carbocycles. The van der Waals surface area contributed by atoms with E-state index in [0.717, 1.165) is 27.8 Å². The molecule has 126 valence electrons. The molecule has 4 rings (SSSR count). The fourth-order valence-electron chi connectivity index (χ4n) is 3.13. The van der Waals surface area contributed by atoms with Crippen LogP contribution in [-0.2, 0) is 16.4 Å². The molecular formula is C20H16ClNO2S. The molecule has 0 radical (unpaired) electrons. The fourth-order valence-corrected chi connectivity index (χ4v) is 4.52. The van der Waals surface area contributed by atoms with E-state index in [1.807, 2.05) is 54.6 Å². The van der Waals surface area contributed by atoms with E-state index in [4.69, 9.17) is 11.6 Å². The van der Waals surface area contributed by atoms with E-state index < -0.39 is 10.0 Å². The third kappa shape index (κ3) is 3.28. The van der Waals surface area contributed by atoms with E-state index in [1.165, 1.54) is 0 Å². The fraction of sp³-hybridized carbons (Fsp3) is 0.100. The van der Waals surface area contributed by atoms with Gasteiger partial charge in [0, 0.05) is 10.6 Å². The summed E-state index contributed by atoms with van der Waals surface area (Å²) < 4.78 is 26.6. The second kappa shape index (κ2) is 6.21. The summed E-state index contributed by atoms with van der Waals surface area (Å²) in [6, 6.07) is 21.8. The number of benzene rings is 3. The molecule has 1 heterocycles. The number of aryl methyl sites for hydroxylation is 1. The van der Waals surface area contributed by atoms with Crippen LogP contribution < -0.4 is 4.72 Å². The van der Waals surface area contributed by atoms with Crippen molar-refractivity contribution in [2.45, 2.75) is 6.42 Å². The van der Waals surface area contributed by atoms with Crippen LogP contribution in [0.3, 0.4) is 0 Å². The maximum atomic E-state index is 12.0. The van der Waals surface area contributed by atoms with Crippen molar-refractivity contribution in [1.82, 2.24) is 0 Å². The summed E-state index contributed by atoms with van der Waals surface area (Å²) in [5.74, 6) is 0.0900. The Kier molecular flexibility index (Phi) is 4.02. The van der Waals surface area contributed by atoms with Crippen LogP contribution in [0.2, 0.25) is 5.02 Å². The number of hydrogen-bond donors (Lipinski definition) is 1. The van der Waals surface area contributed by atoms with E-state index >= 15 is 0 Å². The van der Waals surface area contributed by atoms with Crippen molar-refractivity contribution in [3.05, 3.63) is 77.3 Å². The molecule has 0 atom stereocenters. The van der Waals surface area contributed by atoms with Gasteiger partial charge in [0.25, 0.3) is 0 Å². The van der Waals surface area contributed by atoms with E-state index in [-0.39, 0.29) is 5.75 Å². The van der Waals surface area contributed by atoms with Crippen LogP contribution in [0.1, 0.15) is 5.56 Å². The van der Waals surface area contributed by atoms with Crippen molar-refractivity contribution in [2.75, 3.05) is 10.5 Å². The lowest BCUT2D eigenvalue weighted by Crippen LogP contribution is -2.24. The minimum Gasteiger partial charge on any atom is -0.283 e. The summed E-state index contributed by atoms with van der Waals surface area (Å²) in [6.07, 6.45) is 0.473. The number of hydrogen-bond acceptors (Lipinski definition) is 2. The Bertz CT molecular complexity index is 1030. The maximum absolute atomic E-state index is 12.0. The Morgan fingerprint density at radius 3 is 2.20 bits per heavy atom. The summed E-state index contributed by atoms with van der Waals surface area (Å²) in [7, 11) is -3.28. The summed E-state index contributed by atoms with van der Waals surface area (Å²) in [5, 5.41) is 0.613. The van der Waals surface area contributed by atoms with Gasteiger partial charge < -0.3 is 0 Å². The van der Waals surface area contributed by atoms with Crippen molar-refractivity contribution < 1.29 is 8.42 Å². The monoisotopic (exact) mass is 369 g/mol. The Labute approximate surface area is 152 Å². The number of sulfonamides is 1. The van der Waals surface area contributed by atoms with Gasteiger partial charge in [-0.25, -0.2) is 8.42 Å². The number of halogens is 1. The van der Waals surface area contributed by atoms with E-state index in [9.17, 15) is 8.42 Å². The van der Waals surface area contributed by atoms with Crippen molar-refractivity contribution in [3.8, 4) is 22.3 Å². The zero-order valence-corrected chi connectivity index (χ0v) is 14.9. The SMILES string of the molecule is O=S1(=O)CCc2cc(Cl)cc(-c3ccc(-c4ccccc4)cc3)c2N1. The lowest BCUT2D eigenvalue weighted by atomic mass is 9.96. The first-order chi connectivity index (χ1) is 12.0. The van der Waals surface area contributed by atoms with Crippen molar-refractivity contribution >= 4 is 27.3 Å². The average molecular weight is 370 g/mol. The first-order valence-electron chi connectivity index (χ1n) is 8.01. The Balaban J connectivity index is 1.79. The molecule has 0 aliphatic carbocycles. The average Bonchev–Trinajstić information content (AvgIpc) is 2.62. The molecule has 25 heavy (non-hydrogen) atoms. The van der Waals surface area contributed by atoms with Crippen LogP contribution >= 0.6 is 11.6 Å². The highest BCUT2D eigenvalue weighted by Gasteiger charge is 2.23. The van der Waals surface area contributed by atoms with Gasteiger partial charge in [0.1, 0.15) is 0 Å². The van der Waals surface area contributed by atoms with Gasteiger partial charge in [0.05, 0.1) is 11.4 Å². The van der Waals surface area contributed by atoms with Gasteiger partial charge in [-0.3, -0.25) is 4.72 Å². The highest BCUT2D eigenvalue weighted by Crippen LogP contribution is 2.38. The molecule has 3 aromatic carbocycles. The molecule has 1 N–H and O–H groups in total. The Morgan fingerprint density at radius 2 is 1.48 bits per heavy atom. The van der Waals surface area contributed by atoms with Gasteiger partial charge in [-0.1, -0.05) is 66.2 Å². The quantitative estimate of drug-likeness (QED) is 0.693. The minimum absolute atomic E-state index is 0.0900. The normalized spacial score (nSPS) is 15.2. The van der Waals surface area contributed by atoms with Crippen LogP contribution in [-0.4, -0.2) is 14.2 Å². The molecule has 3 nitrogen and oxygen atoms in total. The molecular weight excluding hydrogens is 354 g/mol. The van der Waals surface area contributed by atoms with Crippen LogP contribution in [0, 0.1) is 0 Å². The minimum atomic E-state index is -3.28. The molecule has 1 aliphatic heterocycles. The van der Waals surface area contributed by atoms with Gasteiger partial charge in [-0.15, -0.1) is 0 Å². The molecule has 0 aromatic heterocycles.